The number of halogens is 2. The summed E-state index contributed by atoms with van der Waals surface area (Å²) in [6, 6.07) is 7.47. The van der Waals surface area contributed by atoms with Gasteiger partial charge >= 0.3 is 0 Å². The van der Waals surface area contributed by atoms with Crippen LogP contribution in [0.5, 0.6) is 0 Å². The van der Waals surface area contributed by atoms with Gasteiger partial charge in [0.05, 0.1) is 0 Å². The van der Waals surface area contributed by atoms with Crippen LogP contribution in [0, 0.1) is 18.7 Å². The zero-order valence-electron chi connectivity index (χ0n) is 21.5. The van der Waals surface area contributed by atoms with Crippen LogP contribution in [0.4, 0.5) is 4.39 Å². The molecule has 1 aromatic rings. The first-order valence-corrected chi connectivity index (χ1v) is 12.4. The van der Waals surface area contributed by atoms with Crippen molar-refractivity contribution in [1.29, 1.82) is 0 Å². The van der Waals surface area contributed by atoms with Gasteiger partial charge in [-0.2, -0.15) is 0 Å². The second-order valence-electron chi connectivity index (χ2n) is 7.44. The Morgan fingerprint density at radius 3 is 2.03 bits per heavy atom. The quantitative estimate of drug-likeness (QED) is 0.224. The molecule has 2 rings (SSSR count). The molecular weight excluding hydrogens is 453 g/mol. The van der Waals surface area contributed by atoms with Crippen LogP contribution in [0.1, 0.15) is 66.4 Å². The normalized spacial score (nSPS) is 14.8. The summed E-state index contributed by atoms with van der Waals surface area (Å²) in [6.07, 6.45) is 18.0. The van der Waals surface area contributed by atoms with Crippen LogP contribution in [-0.4, -0.2) is 36.6 Å². The van der Waals surface area contributed by atoms with E-state index in [4.69, 9.17) is 17.3 Å². The second-order valence-corrected chi connectivity index (χ2v) is 8.35. The van der Waals surface area contributed by atoms with Crippen molar-refractivity contribution in [1.82, 2.24) is 9.62 Å². The van der Waals surface area contributed by atoms with E-state index in [-0.39, 0.29) is 11.9 Å². The minimum atomic E-state index is -0.137. The fourth-order valence-electron chi connectivity index (χ4n) is 2.80. The summed E-state index contributed by atoms with van der Waals surface area (Å²) in [5.74, 6) is -0.137. The van der Waals surface area contributed by atoms with Crippen LogP contribution >= 0.6 is 24.4 Å². The number of hydrogen-bond acceptors (Lipinski definition) is 4. The summed E-state index contributed by atoms with van der Waals surface area (Å²) in [4.78, 5) is 2.49. The number of benzene rings is 1. The second kappa shape index (κ2) is 27.0. The number of allylic oxidation sites excluding steroid dienone is 4. The van der Waals surface area contributed by atoms with E-state index < -0.39 is 0 Å². The monoisotopic (exact) mass is 499 g/mol. The van der Waals surface area contributed by atoms with E-state index in [0.29, 0.717) is 12.5 Å². The molecule has 0 saturated carbocycles. The Labute approximate surface area is 214 Å². The van der Waals surface area contributed by atoms with E-state index in [2.05, 4.69) is 42.2 Å². The van der Waals surface area contributed by atoms with E-state index in [1.807, 2.05) is 65.0 Å². The largest absolute Gasteiger partial charge is 0.327 e. The van der Waals surface area contributed by atoms with Crippen molar-refractivity contribution in [2.45, 2.75) is 79.3 Å². The molecule has 1 aliphatic rings. The Bertz CT molecular complexity index is 619. The predicted molar refractivity (Wildman–Crippen MR) is 151 cm³/mol. The van der Waals surface area contributed by atoms with Crippen molar-refractivity contribution in [3.8, 4) is 12.8 Å². The van der Waals surface area contributed by atoms with Crippen LogP contribution < -0.4 is 10.5 Å². The minimum absolute atomic E-state index is 0.0394. The number of hydrogen-bond donors (Lipinski definition) is 3. The molecule has 3 N–H and O–H groups in total. The maximum absolute atomic E-state index is 13.5. The zero-order chi connectivity index (χ0) is 26.1. The van der Waals surface area contributed by atoms with Crippen LogP contribution in [-0.2, 0) is 6.42 Å². The van der Waals surface area contributed by atoms with Gasteiger partial charge in [-0.15, -0.1) is 12.8 Å². The molecule has 1 heterocycles. The van der Waals surface area contributed by atoms with E-state index >= 15 is 0 Å². The lowest BCUT2D eigenvalue weighted by molar-refractivity contribution is 0.235. The first kappa shape index (κ1) is 36.3. The number of likely N-dealkylation sites (tertiary alicyclic amines) is 1. The van der Waals surface area contributed by atoms with Gasteiger partial charge in [-0.3, -0.25) is 4.72 Å². The summed E-state index contributed by atoms with van der Waals surface area (Å²) in [7, 11) is 0. The third kappa shape index (κ3) is 23.7. The number of nitrogens with one attached hydrogen (secondary N) is 1. The lowest BCUT2D eigenvalue weighted by Crippen LogP contribution is -2.37. The van der Waals surface area contributed by atoms with E-state index in [9.17, 15) is 4.39 Å². The Hall–Kier alpha value is -1.29. The van der Waals surface area contributed by atoms with Crippen LogP contribution in [0.3, 0.4) is 0 Å². The molecular formula is C27H47ClFN3S. The average Bonchev–Trinajstić information content (AvgIpc) is 3.38. The van der Waals surface area contributed by atoms with Crippen molar-refractivity contribution in [3.63, 3.8) is 0 Å². The molecule has 1 saturated heterocycles. The van der Waals surface area contributed by atoms with Crippen molar-refractivity contribution < 1.29 is 4.39 Å². The third-order valence-corrected chi connectivity index (χ3v) is 5.27. The number of nitrogens with zero attached hydrogens (tertiary/aromatic N) is 1. The smallest absolute Gasteiger partial charge is 0.126 e. The Morgan fingerprint density at radius 2 is 1.67 bits per heavy atom. The fourth-order valence-corrected chi connectivity index (χ4v) is 2.80. The van der Waals surface area contributed by atoms with Gasteiger partial charge in [-0.1, -0.05) is 67.8 Å². The SMILES string of the molecule is C#C.C/C=C(\C)Cl.C/C=C\C.CC(C[C@H](N)Cc1ccccc1F)N1CCCC1.CCNS. The predicted octanol–water partition coefficient (Wildman–Crippen LogP) is 6.99. The molecule has 33 heavy (non-hydrogen) atoms. The molecule has 0 spiro atoms. The lowest BCUT2D eigenvalue weighted by Gasteiger charge is -2.26. The Balaban J connectivity index is -0.000000495. The zero-order valence-corrected chi connectivity index (χ0v) is 23.2. The topological polar surface area (TPSA) is 41.3 Å². The van der Waals surface area contributed by atoms with Gasteiger partial charge in [0.25, 0.3) is 0 Å². The highest BCUT2D eigenvalue weighted by molar-refractivity contribution is 7.78. The van der Waals surface area contributed by atoms with E-state index in [0.717, 1.165) is 23.6 Å². The Kier molecular flexibility index (Phi) is 29.6. The highest BCUT2D eigenvalue weighted by Gasteiger charge is 2.20. The molecule has 0 aliphatic carbocycles. The van der Waals surface area contributed by atoms with Gasteiger partial charge in [-0.05, 0) is 85.0 Å². The highest BCUT2D eigenvalue weighted by Crippen LogP contribution is 2.16. The van der Waals surface area contributed by atoms with Crippen LogP contribution in [0.25, 0.3) is 0 Å². The molecule has 6 heteroatoms. The molecule has 0 amide bonds. The molecule has 0 aromatic heterocycles. The molecule has 3 nitrogen and oxygen atoms in total. The summed E-state index contributed by atoms with van der Waals surface area (Å²) < 4.78 is 16.1. The lowest BCUT2D eigenvalue weighted by atomic mass is 10.00. The van der Waals surface area contributed by atoms with E-state index in [1.165, 1.54) is 32.0 Å². The summed E-state index contributed by atoms with van der Waals surface area (Å²) in [6.45, 7) is 15.3. The van der Waals surface area contributed by atoms with Gasteiger partial charge in [-0.25, -0.2) is 4.39 Å². The van der Waals surface area contributed by atoms with Crippen molar-refractivity contribution >= 4 is 24.4 Å². The maximum atomic E-state index is 13.5. The summed E-state index contributed by atoms with van der Waals surface area (Å²) in [5.41, 5.74) is 6.88. The maximum Gasteiger partial charge on any atom is 0.126 e. The summed E-state index contributed by atoms with van der Waals surface area (Å²) >= 11 is 8.99. The molecule has 1 aliphatic heterocycles. The van der Waals surface area contributed by atoms with E-state index in [1.54, 1.807) is 6.07 Å². The number of thiol groups is 1. The minimum Gasteiger partial charge on any atom is -0.327 e. The molecule has 1 unspecified atom stereocenters. The first-order chi connectivity index (χ1) is 15.8. The first-order valence-electron chi connectivity index (χ1n) is 11.6. The molecule has 0 radical (unpaired) electrons. The molecule has 0 bridgehead atoms. The standard InChI is InChI=1S/C15H23FN2.C4H7Cl.C4H8.C2H7NS.C2H2/c1-12(18-8-4-5-9-18)10-14(17)11-13-6-2-3-7-15(13)16;1-3-4(2)5;1-3-4-2;1-2-3-4;1-2/h2-3,6-7,12,14H,4-5,8-11,17H2,1H3;3H,1-2H3;3-4H,1-2H3;3-4H,2H2,1H3;1-2H/b;4-3+;4-3-;;/t12?,14-;;;;/m0..../s1. The van der Waals surface area contributed by atoms with Gasteiger partial charge < -0.3 is 10.6 Å². The van der Waals surface area contributed by atoms with Crippen LogP contribution in [0.15, 0.2) is 47.5 Å². The summed E-state index contributed by atoms with van der Waals surface area (Å²) in [5, 5.41) is 0.852. The van der Waals surface area contributed by atoms with Gasteiger partial charge in [0, 0.05) is 23.7 Å². The van der Waals surface area contributed by atoms with Crippen molar-refractivity contribution in [2.75, 3.05) is 19.6 Å². The molecule has 190 valence electrons. The number of rotatable bonds is 6. The average molecular weight is 500 g/mol. The van der Waals surface area contributed by atoms with Gasteiger partial charge in [0.15, 0.2) is 0 Å². The van der Waals surface area contributed by atoms with Gasteiger partial charge in [0.1, 0.15) is 5.82 Å². The van der Waals surface area contributed by atoms with Crippen molar-refractivity contribution in [3.05, 3.63) is 58.9 Å². The Morgan fingerprint density at radius 1 is 1.21 bits per heavy atom. The molecule has 2 atom stereocenters. The van der Waals surface area contributed by atoms with Gasteiger partial charge in [0.2, 0.25) is 0 Å². The highest BCUT2D eigenvalue weighted by atomic mass is 35.5. The third-order valence-electron chi connectivity index (χ3n) is 4.74. The number of nitrogens with two attached hydrogens (primary N) is 1. The molecule has 1 aromatic carbocycles. The molecule has 1 fully saturated rings. The fraction of sp³-hybridized carbons (Fsp3) is 0.556. The number of terminal acetylenes is 1. The van der Waals surface area contributed by atoms with Crippen molar-refractivity contribution in [2.24, 2.45) is 5.73 Å². The van der Waals surface area contributed by atoms with Crippen LogP contribution in [0.2, 0.25) is 0 Å².